The highest BCUT2D eigenvalue weighted by Gasteiger charge is 2.37. The van der Waals surface area contributed by atoms with E-state index in [2.05, 4.69) is 121 Å². The SMILES string of the molecule is CCCc1cccc(C(C)C)c1N1C(=O)c2ccc3c4cccc5c(Oc6c(C(C)C)cccc6C(C)C)ccc(c6ccc(c2c36)C1=O)c54. The lowest BCUT2D eigenvalue weighted by atomic mass is 9.84. The molecule has 0 aromatic heterocycles. The zero-order valence-corrected chi connectivity index (χ0v) is 30.0. The van der Waals surface area contributed by atoms with E-state index in [-0.39, 0.29) is 17.7 Å². The number of rotatable bonds is 8. The summed E-state index contributed by atoms with van der Waals surface area (Å²) in [7, 11) is 0. The van der Waals surface area contributed by atoms with Crippen LogP contribution in [0.1, 0.15) is 116 Å². The van der Waals surface area contributed by atoms with E-state index in [9.17, 15) is 9.59 Å². The van der Waals surface area contributed by atoms with E-state index >= 15 is 0 Å². The lowest BCUT2D eigenvalue weighted by molar-refractivity contribution is 0.0893. The van der Waals surface area contributed by atoms with Gasteiger partial charge in [-0.15, -0.1) is 0 Å². The van der Waals surface area contributed by atoms with Gasteiger partial charge in [0.2, 0.25) is 0 Å². The van der Waals surface area contributed by atoms with Crippen LogP contribution in [0.15, 0.2) is 91.0 Å². The molecule has 0 saturated carbocycles. The number of ether oxygens (including phenoxy) is 1. The van der Waals surface area contributed by atoms with Gasteiger partial charge in [-0.1, -0.05) is 122 Å². The van der Waals surface area contributed by atoms with Gasteiger partial charge in [-0.2, -0.15) is 0 Å². The molecule has 8 rings (SSSR count). The average Bonchev–Trinajstić information content (AvgIpc) is 3.10. The van der Waals surface area contributed by atoms with Crippen LogP contribution in [0.25, 0.3) is 43.1 Å². The third-order valence-electron chi connectivity index (χ3n) is 10.7. The molecule has 250 valence electrons. The summed E-state index contributed by atoms with van der Waals surface area (Å²) < 4.78 is 6.92. The lowest BCUT2D eigenvalue weighted by Crippen LogP contribution is -2.41. The third-order valence-corrected chi connectivity index (χ3v) is 10.7. The van der Waals surface area contributed by atoms with Crippen molar-refractivity contribution in [2.75, 3.05) is 4.90 Å². The van der Waals surface area contributed by atoms with Crippen LogP contribution in [-0.2, 0) is 6.42 Å². The number of benzene rings is 7. The van der Waals surface area contributed by atoms with Gasteiger partial charge < -0.3 is 4.74 Å². The van der Waals surface area contributed by atoms with Gasteiger partial charge in [0.05, 0.1) is 5.69 Å². The maximum atomic E-state index is 14.6. The number of nitrogens with zero attached hydrogens (tertiary/aromatic N) is 1. The van der Waals surface area contributed by atoms with Gasteiger partial charge >= 0.3 is 0 Å². The van der Waals surface area contributed by atoms with Gasteiger partial charge in [-0.05, 0) is 97.6 Å². The predicted octanol–water partition coefficient (Wildman–Crippen LogP) is 12.7. The molecule has 1 aliphatic heterocycles. The van der Waals surface area contributed by atoms with E-state index in [1.54, 1.807) is 0 Å². The Bertz CT molecular complexity index is 2410. The predicted molar refractivity (Wildman–Crippen MR) is 208 cm³/mol. The normalized spacial score (nSPS) is 13.4. The van der Waals surface area contributed by atoms with E-state index in [0.29, 0.717) is 23.0 Å². The molecular weight excluding hydrogens is 615 g/mol. The van der Waals surface area contributed by atoms with Crippen LogP contribution in [0.3, 0.4) is 0 Å². The van der Waals surface area contributed by atoms with E-state index < -0.39 is 0 Å². The first-order chi connectivity index (χ1) is 24.1. The molecule has 0 unspecified atom stereocenters. The largest absolute Gasteiger partial charge is 0.456 e. The Morgan fingerprint density at radius 1 is 0.540 bits per heavy atom. The van der Waals surface area contributed by atoms with Crippen LogP contribution in [0.5, 0.6) is 11.5 Å². The number of carbonyl (C=O) groups excluding carboxylic acids is 2. The van der Waals surface area contributed by atoms with Crippen molar-refractivity contribution in [3.8, 4) is 11.5 Å². The van der Waals surface area contributed by atoms with E-state index in [4.69, 9.17) is 4.74 Å². The zero-order valence-electron chi connectivity index (χ0n) is 30.0. The minimum absolute atomic E-state index is 0.154. The molecule has 0 aliphatic carbocycles. The number of hydrogen-bond donors (Lipinski definition) is 0. The van der Waals surface area contributed by atoms with Crippen molar-refractivity contribution >= 4 is 60.6 Å². The average molecular weight is 658 g/mol. The first kappa shape index (κ1) is 32.0. The molecular formula is C46H43NO3. The van der Waals surface area contributed by atoms with Crippen molar-refractivity contribution in [2.24, 2.45) is 0 Å². The van der Waals surface area contributed by atoms with Crippen LogP contribution in [-0.4, -0.2) is 11.8 Å². The van der Waals surface area contributed by atoms with E-state index in [0.717, 1.165) is 84.2 Å². The molecule has 0 N–H and O–H groups in total. The Hall–Kier alpha value is -5.22. The number of imide groups is 1. The molecule has 50 heavy (non-hydrogen) atoms. The molecule has 1 heterocycles. The first-order valence-electron chi connectivity index (χ1n) is 18.1. The van der Waals surface area contributed by atoms with Gasteiger partial charge in [0.15, 0.2) is 0 Å². The Labute approximate surface area is 294 Å². The highest BCUT2D eigenvalue weighted by Crippen LogP contribution is 2.48. The number of fused-ring (bicyclic) bond motifs is 2. The second kappa shape index (κ2) is 12.0. The molecule has 0 atom stereocenters. The van der Waals surface area contributed by atoms with Crippen molar-refractivity contribution < 1.29 is 14.3 Å². The molecule has 1 aliphatic rings. The number of para-hydroxylation sites is 2. The summed E-state index contributed by atoms with van der Waals surface area (Å²) in [5, 5.41) is 8.11. The summed E-state index contributed by atoms with van der Waals surface area (Å²) >= 11 is 0. The lowest BCUT2D eigenvalue weighted by Gasteiger charge is -2.32. The third kappa shape index (κ3) is 4.65. The minimum Gasteiger partial charge on any atom is -0.456 e. The number of amides is 2. The van der Waals surface area contributed by atoms with Crippen LogP contribution < -0.4 is 9.64 Å². The molecule has 0 spiro atoms. The highest BCUT2D eigenvalue weighted by molar-refractivity contribution is 6.42. The standard InChI is InChI=1S/C46H43NO3/c1-8-12-28-13-9-14-29(25(2)3)43(28)47-45(48)37-21-19-34-32-17-11-18-36-39(50-44-30(26(4)5)15-10-16-31(44)27(6)7)24-23-33(40(32)36)35-20-22-38(46(47)49)42(37)41(34)35/h9-11,13-27H,8,12H2,1-7H3. The Balaban J connectivity index is 1.35. The quantitative estimate of drug-likeness (QED) is 0.0928. The van der Waals surface area contributed by atoms with Crippen LogP contribution in [0, 0.1) is 0 Å². The van der Waals surface area contributed by atoms with Crippen LogP contribution in [0.4, 0.5) is 5.69 Å². The molecule has 7 aromatic rings. The Morgan fingerprint density at radius 2 is 1.04 bits per heavy atom. The van der Waals surface area contributed by atoms with Crippen molar-refractivity contribution in [1.82, 2.24) is 0 Å². The fraction of sp³-hybridized carbons (Fsp3) is 0.261. The zero-order chi connectivity index (χ0) is 35.0. The summed E-state index contributed by atoms with van der Waals surface area (Å²) in [5.41, 5.74) is 6.34. The van der Waals surface area contributed by atoms with Gasteiger partial charge in [-0.25, -0.2) is 4.90 Å². The smallest absolute Gasteiger partial charge is 0.266 e. The molecule has 0 radical (unpaired) electrons. The molecule has 0 saturated heterocycles. The molecule has 4 nitrogen and oxygen atoms in total. The molecule has 7 aromatic carbocycles. The highest BCUT2D eigenvalue weighted by atomic mass is 16.5. The van der Waals surface area contributed by atoms with Crippen molar-refractivity contribution in [2.45, 2.75) is 79.1 Å². The number of carbonyl (C=O) groups is 2. The number of anilines is 1. The van der Waals surface area contributed by atoms with E-state index in [1.165, 1.54) is 16.0 Å². The number of aryl methyl sites for hydroxylation is 1. The fourth-order valence-corrected chi connectivity index (χ4v) is 8.29. The van der Waals surface area contributed by atoms with Gasteiger partial charge in [0.25, 0.3) is 11.8 Å². The molecule has 0 fully saturated rings. The van der Waals surface area contributed by atoms with Crippen LogP contribution >= 0.6 is 0 Å². The van der Waals surface area contributed by atoms with Crippen molar-refractivity contribution in [1.29, 1.82) is 0 Å². The summed E-state index contributed by atoms with van der Waals surface area (Å²) in [6.45, 7) is 15.2. The number of hydrogen-bond acceptors (Lipinski definition) is 3. The summed E-state index contributed by atoms with van der Waals surface area (Å²) in [4.78, 5) is 30.6. The maximum Gasteiger partial charge on any atom is 0.266 e. The second-order valence-corrected chi connectivity index (χ2v) is 14.8. The van der Waals surface area contributed by atoms with Crippen LogP contribution in [0.2, 0.25) is 0 Å². The van der Waals surface area contributed by atoms with Crippen molar-refractivity contribution in [3.05, 3.63) is 124 Å². The van der Waals surface area contributed by atoms with Gasteiger partial charge in [-0.3, -0.25) is 9.59 Å². The van der Waals surface area contributed by atoms with Gasteiger partial charge in [0.1, 0.15) is 11.5 Å². The molecule has 2 amide bonds. The minimum atomic E-state index is -0.255. The summed E-state index contributed by atoms with van der Waals surface area (Å²) in [6, 6.07) is 31.3. The molecule has 4 heteroatoms. The maximum absolute atomic E-state index is 14.6. The fourth-order valence-electron chi connectivity index (χ4n) is 8.29. The summed E-state index contributed by atoms with van der Waals surface area (Å²) in [5.74, 6) is 2.03. The first-order valence-corrected chi connectivity index (χ1v) is 18.1. The topological polar surface area (TPSA) is 46.6 Å². The van der Waals surface area contributed by atoms with E-state index in [1.807, 2.05) is 18.2 Å². The Morgan fingerprint density at radius 3 is 1.64 bits per heavy atom. The second-order valence-electron chi connectivity index (χ2n) is 14.8. The summed E-state index contributed by atoms with van der Waals surface area (Å²) in [6.07, 6.45) is 1.71. The van der Waals surface area contributed by atoms with Crippen molar-refractivity contribution in [3.63, 3.8) is 0 Å². The molecule has 0 bridgehead atoms. The monoisotopic (exact) mass is 657 g/mol. The Kier molecular flexibility index (Phi) is 7.67. The van der Waals surface area contributed by atoms with Gasteiger partial charge in [0, 0.05) is 27.3 Å².